The van der Waals surface area contributed by atoms with Crippen LogP contribution in [0.3, 0.4) is 0 Å². The summed E-state index contributed by atoms with van der Waals surface area (Å²) in [4.78, 5) is 18.0. The molecule has 7 nitrogen and oxygen atoms in total. The van der Waals surface area contributed by atoms with Gasteiger partial charge in [-0.25, -0.2) is 8.42 Å². The number of hydrogen-bond acceptors (Lipinski definition) is 6. The molecule has 3 aliphatic rings. The Hall–Kier alpha value is -2.22. The Morgan fingerprint density at radius 3 is 2.58 bits per heavy atom. The van der Waals surface area contributed by atoms with Crippen LogP contribution in [0.4, 0.5) is 0 Å². The van der Waals surface area contributed by atoms with E-state index in [4.69, 9.17) is 4.52 Å². The molecule has 0 saturated heterocycles. The maximum absolute atomic E-state index is 12.5. The number of carbonyl (C=O) groups is 1. The topological polar surface area (TPSA) is 93.4 Å². The summed E-state index contributed by atoms with van der Waals surface area (Å²) < 4.78 is 29.5. The standard InChI is InChI=1S/C18H21N3O4S/c1-21(11-13-5-3-2-4-6-13)17(22)7-15-19-16(25-20-15)12-26(23,24)18-8-14(9-18)10-18/h2-6,14H,7-12H2,1H3. The van der Waals surface area contributed by atoms with Gasteiger partial charge in [-0.15, -0.1) is 0 Å². The van der Waals surface area contributed by atoms with Gasteiger partial charge < -0.3 is 9.42 Å². The lowest BCUT2D eigenvalue weighted by Crippen LogP contribution is -2.63. The third-order valence-corrected chi connectivity index (χ3v) is 7.91. The largest absolute Gasteiger partial charge is 0.341 e. The Balaban J connectivity index is 1.35. The second-order valence-electron chi connectivity index (χ2n) is 7.44. The van der Waals surface area contributed by atoms with Crippen LogP contribution in [0.15, 0.2) is 34.9 Å². The molecule has 2 bridgehead atoms. The van der Waals surface area contributed by atoms with E-state index >= 15 is 0 Å². The molecule has 1 aromatic carbocycles. The molecule has 1 aromatic heterocycles. The highest BCUT2D eigenvalue weighted by Gasteiger charge is 2.64. The van der Waals surface area contributed by atoms with Gasteiger partial charge in [-0.3, -0.25) is 4.79 Å². The molecule has 0 aliphatic heterocycles. The maximum atomic E-state index is 12.5. The molecule has 3 aliphatic carbocycles. The fourth-order valence-corrected chi connectivity index (χ4v) is 5.95. The van der Waals surface area contributed by atoms with Gasteiger partial charge in [0, 0.05) is 13.6 Å². The molecule has 3 saturated carbocycles. The number of hydrogen-bond donors (Lipinski definition) is 0. The number of benzene rings is 1. The Labute approximate surface area is 152 Å². The highest BCUT2D eigenvalue weighted by molar-refractivity contribution is 7.92. The van der Waals surface area contributed by atoms with Gasteiger partial charge in [0.05, 0.1) is 11.2 Å². The van der Waals surface area contributed by atoms with Crippen molar-refractivity contribution in [3.05, 3.63) is 47.6 Å². The molecule has 5 rings (SSSR count). The number of sulfone groups is 1. The lowest BCUT2D eigenvalue weighted by molar-refractivity contribution is -0.129. The average molecular weight is 375 g/mol. The van der Waals surface area contributed by atoms with Crippen LogP contribution in [0, 0.1) is 5.92 Å². The van der Waals surface area contributed by atoms with E-state index in [2.05, 4.69) is 10.1 Å². The molecule has 1 amide bonds. The predicted octanol–water partition coefficient (Wildman–Crippen LogP) is 1.74. The van der Waals surface area contributed by atoms with Crippen LogP contribution in [0.5, 0.6) is 0 Å². The minimum Gasteiger partial charge on any atom is -0.341 e. The van der Waals surface area contributed by atoms with Crippen molar-refractivity contribution in [1.82, 2.24) is 15.0 Å². The van der Waals surface area contributed by atoms with Crippen LogP contribution >= 0.6 is 0 Å². The van der Waals surface area contributed by atoms with Crippen molar-refractivity contribution >= 4 is 15.7 Å². The molecule has 0 spiro atoms. The van der Waals surface area contributed by atoms with Gasteiger partial charge in [0.15, 0.2) is 15.7 Å². The van der Waals surface area contributed by atoms with E-state index in [0.29, 0.717) is 12.5 Å². The van der Waals surface area contributed by atoms with Gasteiger partial charge in [0.25, 0.3) is 0 Å². The van der Waals surface area contributed by atoms with Gasteiger partial charge in [-0.2, -0.15) is 4.98 Å². The quantitative estimate of drug-likeness (QED) is 0.732. The summed E-state index contributed by atoms with van der Waals surface area (Å²) in [5, 5.41) is 3.77. The van der Waals surface area contributed by atoms with E-state index in [1.807, 2.05) is 30.3 Å². The molecule has 2 aromatic rings. The first-order valence-electron chi connectivity index (χ1n) is 8.69. The summed E-state index contributed by atoms with van der Waals surface area (Å²) in [6.07, 6.45) is 2.28. The second kappa shape index (κ2) is 6.19. The zero-order valence-electron chi connectivity index (χ0n) is 14.6. The van der Waals surface area contributed by atoms with Gasteiger partial charge in [-0.1, -0.05) is 35.5 Å². The Bertz CT molecular complexity index is 906. The molecule has 138 valence electrons. The Morgan fingerprint density at radius 1 is 1.27 bits per heavy atom. The highest BCUT2D eigenvalue weighted by Crippen LogP contribution is 2.62. The first-order chi connectivity index (χ1) is 12.4. The van der Waals surface area contributed by atoms with E-state index < -0.39 is 14.6 Å². The van der Waals surface area contributed by atoms with Crippen molar-refractivity contribution in [2.24, 2.45) is 5.92 Å². The molecule has 3 fully saturated rings. The third kappa shape index (κ3) is 3.02. The molecule has 0 N–H and O–H groups in total. The Kier molecular flexibility index (Phi) is 4.10. The van der Waals surface area contributed by atoms with E-state index in [9.17, 15) is 13.2 Å². The number of nitrogens with zero attached hydrogens (tertiary/aromatic N) is 3. The fourth-order valence-electron chi connectivity index (χ4n) is 3.73. The van der Waals surface area contributed by atoms with Gasteiger partial charge >= 0.3 is 0 Å². The van der Waals surface area contributed by atoms with Crippen molar-refractivity contribution in [1.29, 1.82) is 0 Å². The average Bonchev–Trinajstić information content (AvgIpc) is 2.90. The zero-order valence-corrected chi connectivity index (χ0v) is 15.4. The molecule has 8 heteroatoms. The van der Waals surface area contributed by atoms with E-state index in [0.717, 1.165) is 24.8 Å². The number of rotatable bonds is 7. The molecule has 0 unspecified atom stereocenters. The normalized spacial score (nSPS) is 23.8. The second-order valence-corrected chi connectivity index (χ2v) is 9.82. The van der Waals surface area contributed by atoms with Crippen LogP contribution in [-0.2, 0) is 33.4 Å². The summed E-state index contributed by atoms with van der Waals surface area (Å²) >= 11 is 0. The minimum atomic E-state index is -3.27. The van der Waals surface area contributed by atoms with Crippen molar-refractivity contribution in [2.75, 3.05) is 7.05 Å². The summed E-state index contributed by atoms with van der Waals surface area (Å²) in [6, 6.07) is 9.67. The molecular formula is C18H21N3O4S. The van der Waals surface area contributed by atoms with Gasteiger partial charge in [0.2, 0.25) is 11.8 Å². The van der Waals surface area contributed by atoms with Crippen molar-refractivity contribution in [3.8, 4) is 0 Å². The maximum Gasteiger partial charge on any atom is 0.241 e. The minimum absolute atomic E-state index is 0.0138. The third-order valence-electron chi connectivity index (χ3n) is 5.46. The summed E-state index contributed by atoms with van der Waals surface area (Å²) in [6.45, 7) is 0.489. The van der Waals surface area contributed by atoms with E-state index in [1.54, 1.807) is 11.9 Å². The van der Waals surface area contributed by atoms with Crippen LogP contribution in [0.25, 0.3) is 0 Å². The predicted molar refractivity (Wildman–Crippen MR) is 93.6 cm³/mol. The fraction of sp³-hybridized carbons (Fsp3) is 0.500. The van der Waals surface area contributed by atoms with Crippen molar-refractivity contribution < 1.29 is 17.7 Å². The molecule has 26 heavy (non-hydrogen) atoms. The van der Waals surface area contributed by atoms with E-state index in [-0.39, 0.29) is 29.8 Å². The van der Waals surface area contributed by atoms with Gasteiger partial charge in [0.1, 0.15) is 5.75 Å². The van der Waals surface area contributed by atoms with Crippen molar-refractivity contribution in [3.63, 3.8) is 0 Å². The van der Waals surface area contributed by atoms with Gasteiger partial charge in [-0.05, 0) is 30.7 Å². The Morgan fingerprint density at radius 2 is 1.96 bits per heavy atom. The number of carbonyl (C=O) groups excluding carboxylic acids is 1. The van der Waals surface area contributed by atoms with Crippen LogP contribution in [0.2, 0.25) is 0 Å². The first kappa shape index (κ1) is 17.2. The number of aromatic nitrogens is 2. The smallest absolute Gasteiger partial charge is 0.241 e. The number of likely N-dealkylation sites (N-methyl/N-ethyl adjacent to an activating group) is 1. The SMILES string of the molecule is CN(Cc1ccccc1)C(=O)Cc1noc(CS(=O)(=O)C23CC(C2)C3)n1. The van der Waals surface area contributed by atoms with Crippen LogP contribution in [0.1, 0.15) is 36.5 Å². The van der Waals surface area contributed by atoms with Crippen LogP contribution < -0.4 is 0 Å². The molecule has 1 heterocycles. The molecular weight excluding hydrogens is 354 g/mol. The van der Waals surface area contributed by atoms with Crippen molar-refractivity contribution in [2.45, 2.75) is 42.7 Å². The summed E-state index contributed by atoms with van der Waals surface area (Å²) in [5.74, 6) is 0.492. The molecule has 0 radical (unpaired) electrons. The monoisotopic (exact) mass is 375 g/mol. The lowest BCUT2D eigenvalue weighted by Gasteiger charge is -2.60. The van der Waals surface area contributed by atoms with Crippen LogP contribution in [-0.4, -0.2) is 41.2 Å². The van der Waals surface area contributed by atoms with E-state index in [1.165, 1.54) is 0 Å². The molecule has 0 atom stereocenters. The highest BCUT2D eigenvalue weighted by atomic mass is 32.2. The summed E-state index contributed by atoms with van der Waals surface area (Å²) in [7, 11) is -1.56. The number of amides is 1. The summed E-state index contributed by atoms with van der Waals surface area (Å²) in [5.41, 5.74) is 1.03. The first-order valence-corrected chi connectivity index (χ1v) is 10.3. The lowest BCUT2D eigenvalue weighted by atomic mass is 9.55. The zero-order chi connectivity index (χ0) is 18.4.